The topological polar surface area (TPSA) is 68.2 Å². The van der Waals surface area contributed by atoms with E-state index in [0.717, 1.165) is 29.8 Å². The Bertz CT molecular complexity index is 1070. The third kappa shape index (κ3) is 4.18. The van der Waals surface area contributed by atoms with Crippen molar-refractivity contribution in [3.63, 3.8) is 0 Å². The molecule has 0 unspecified atom stereocenters. The maximum Gasteiger partial charge on any atom is 0.341 e. The fourth-order valence-corrected chi connectivity index (χ4v) is 5.09. The minimum Gasteiger partial charge on any atom is -0.465 e. The fraction of sp³-hybridized carbons (Fsp3) is 0.286. The van der Waals surface area contributed by atoms with Crippen molar-refractivity contribution in [2.75, 3.05) is 17.7 Å². The number of hydrogen-bond acceptors (Lipinski definition) is 5. The third-order valence-corrected chi connectivity index (χ3v) is 6.43. The largest absolute Gasteiger partial charge is 0.465 e. The Morgan fingerprint density at radius 2 is 2.10 bits per heavy atom. The number of anilines is 2. The van der Waals surface area contributed by atoms with Gasteiger partial charge in [0.1, 0.15) is 5.00 Å². The number of methoxy groups -OCH3 is 1. The first-order chi connectivity index (χ1) is 14.0. The van der Waals surface area contributed by atoms with Gasteiger partial charge in [-0.15, -0.1) is 11.3 Å². The summed E-state index contributed by atoms with van der Waals surface area (Å²) in [5, 5.41) is 11.9. The van der Waals surface area contributed by atoms with Gasteiger partial charge in [0.15, 0.2) is 10.9 Å². The Labute approximate surface area is 178 Å². The first-order valence-corrected chi connectivity index (χ1v) is 10.7. The number of carbonyl (C=O) groups excluding carboxylic acids is 1. The highest BCUT2D eigenvalue weighted by molar-refractivity contribution is 7.80. The lowest BCUT2D eigenvalue weighted by atomic mass is 10.1. The summed E-state index contributed by atoms with van der Waals surface area (Å²) in [4.78, 5) is 13.5. The number of aryl methyl sites for hydroxylation is 2. The maximum absolute atomic E-state index is 12.3. The molecule has 0 fully saturated rings. The summed E-state index contributed by atoms with van der Waals surface area (Å²) in [5.74, 6) is 0.331. The van der Waals surface area contributed by atoms with E-state index in [1.54, 1.807) is 11.3 Å². The molecule has 2 N–H and O–H groups in total. The van der Waals surface area contributed by atoms with Gasteiger partial charge in [-0.25, -0.2) is 4.79 Å². The normalized spacial score (nSPS) is 12.5. The van der Waals surface area contributed by atoms with Crippen LogP contribution in [0.1, 0.15) is 38.3 Å². The molecule has 0 spiro atoms. The number of nitrogens with zero attached hydrogens (tertiary/aromatic N) is 2. The standard InChI is InChI=1S/C21H22N4O2S2/c1-13-6-3-4-7-14(13)12-25-11-10-17(24-25)22-21(28)23-19-18(20(26)27-2)15-8-5-9-16(15)29-19/h3-4,6-7,10-11H,5,8-9,12H2,1-2H3,(H2,22,23,24,28). The lowest BCUT2D eigenvalue weighted by Gasteiger charge is -2.10. The third-order valence-electron chi connectivity index (χ3n) is 5.01. The van der Waals surface area contributed by atoms with Crippen molar-refractivity contribution in [3.05, 3.63) is 63.7 Å². The molecule has 4 rings (SSSR count). The predicted molar refractivity (Wildman–Crippen MR) is 120 cm³/mol. The Morgan fingerprint density at radius 1 is 1.28 bits per heavy atom. The van der Waals surface area contributed by atoms with Gasteiger partial charge in [-0.05, 0) is 55.1 Å². The van der Waals surface area contributed by atoms with Gasteiger partial charge in [-0.3, -0.25) is 4.68 Å². The van der Waals surface area contributed by atoms with Crippen LogP contribution >= 0.6 is 23.6 Å². The number of esters is 1. The van der Waals surface area contributed by atoms with E-state index < -0.39 is 0 Å². The van der Waals surface area contributed by atoms with Gasteiger partial charge in [0.25, 0.3) is 0 Å². The zero-order valence-corrected chi connectivity index (χ0v) is 18.0. The van der Waals surface area contributed by atoms with Crippen molar-refractivity contribution >= 4 is 45.5 Å². The zero-order valence-electron chi connectivity index (χ0n) is 16.3. The Hall–Kier alpha value is -2.71. The number of thiophene rings is 1. The zero-order chi connectivity index (χ0) is 20.4. The first kappa shape index (κ1) is 19.6. The molecule has 29 heavy (non-hydrogen) atoms. The van der Waals surface area contributed by atoms with Crippen LogP contribution in [0.15, 0.2) is 36.5 Å². The second-order valence-electron chi connectivity index (χ2n) is 6.96. The van der Waals surface area contributed by atoms with Crippen LogP contribution in [-0.4, -0.2) is 28.0 Å². The van der Waals surface area contributed by atoms with Gasteiger partial charge >= 0.3 is 5.97 Å². The van der Waals surface area contributed by atoms with E-state index in [9.17, 15) is 4.79 Å². The first-order valence-electron chi connectivity index (χ1n) is 9.44. The smallest absolute Gasteiger partial charge is 0.341 e. The summed E-state index contributed by atoms with van der Waals surface area (Å²) in [5.41, 5.74) is 4.16. The molecule has 0 bridgehead atoms. The monoisotopic (exact) mass is 426 g/mol. The van der Waals surface area contributed by atoms with Gasteiger partial charge < -0.3 is 15.4 Å². The van der Waals surface area contributed by atoms with E-state index in [2.05, 4.69) is 34.8 Å². The number of aromatic nitrogens is 2. The molecule has 1 aliphatic rings. The second kappa shape index (κ2) is 8.34. The van der Waals surface area contributed by atoms with E-state index >= 15 is 0 Å². The van der Waals surface area contributed by atoms with Crippen LogP contribution in [-0.2, 0) is 24.1 Å². The van der Waals surface area contributed by atoms with E-state index in [4.69, 9.17) is 17.0 Å². The Morgan fingerprint density at radius 3 is 2.90 bits per heavy atom. The Kier molecular flexibility index (Phi) is 5.64. The maximum atomic E-state index is 12.3. The van der Waals surface area contributed by atoms with Gasteiger partial charge in [0.05, 0.1) is 19.2 Å². The Balaban J connectivity index is 1.44. The van der Waals surface area contributed by atoms with E-state index in [1.807, 2.05) is 29.1 Å². The van der Waals surface area contributed by atoms with Gasteiger partial charge in [-0.2, -0.15) is 5.10 Å². The average molecular weight is 427 g/mol. The molecular weight excluding hydrogens is 404 g/mol. The van der Waals surface area contributed by atoms with Crippen molar-refractivity contribution < 1.29 is 9.53 Å². The quantitative estimate of drug-likeness (QED) is 0.466. The lowest BCUT2D eigenvalue weighted by molar-refractivity contribution is 0.0601. The molecular formula is C21H22N4O2S2. The highest BCUT2D eigenvalue weighted by Gasteiger charge is 2.27. The van der Waals surface area contributed by atoms with E-state index in [1.165, 1.54) is 23.1 Å². The van der Waals surface area contributed by atoms with Crippen LogP contribution in [0.25, 0.3) is 0 Å². The van der Waals surface area contributed by atoms with Crippen molar-refractivity contribution in [1.29, 1.82) is 0 Å². The summed E-state index contributed by atoms with van der Waals surface area (Å²) in [6, 6.07) is 10.1. The van der Waals surface area contributed by atoms with E-state index in [0.29, 0.717) is 23.0 Å². The molecule has 0 saturated carbocycles. The summed E-state index contributed by atoms with van der Waals surface area (Å²) in [7, 11) is 1.41. The molecule has 0 radical (unpaired) electrons. The van der Waals surface area contributed by atoms with Crippen LogP contribution in [0.3, 0.4) is 0 Å². The van der Waals surface area contributed by atoms with Gasteiger partial charge in [-0.1, -0.05) is 24.3 Å². The van der Waals surface area contributed by atoms with Crippen molar-refractivity contribution in [2.45, 2.75) is 32.7 Å². The van der Waals surface area contributed by atoms with E-state index in [-0.39, 0.29) is 5.97 Å². The number of carbonyl (C=O) groups is 1. The number of fused-ring (bicyclic) bond motifs is 1. The summed E-state index contributed by atoms with van der Waals surface area (Å²) in [6.07, 6.45) is 4.89. The van der Waals surface area contributed by atoms with Gasteiger partial charge in [0.2, 0.25) is 0 Å². The highest BCUT2D eigenvalue weighted by atomic mass is 32.1. The van der Waals surface area contributed by atoms with Crippen LogP contribution in [0.5, 0.6) is 0 Å². The van der Waals surface area contributed by atoms with Crippen molar-refractivity contribution in [1.82, 2.24) is 9.78 Å². The number of ether oxygens (including phenoxy) is 1. The molecule has 8 heteroatoms. The molecule has 0 amide bonds. The molecule has 1 aliphatic carbocycles. The van der Waals surface area contributed by atoms with Crippen LogP contribution < -0.4 is 10.6 Å². The minimum atomic E-state index is -0.322. The number of thiocarbonyl (C=S) groups is 1. The second-order valence-corrected chi connectivity index (χ2v) is 8.47. The lowest BCUT2D eigenvalue weighted by Crippen LogP contribution is -2.20. The van der Waals surface area contributed by atoms with Gasteiger partial charge in [0, 0.05) is 17.1 Å². The van der Waals surface area contributed by atoms with Crippen LogP contribution in [0.2, 0.25) is 0 Å². The number of benzene rings is 1. The number of hydrogen-bond donors (Lipinski definition) is 2. The minimum absolute atomic E-state index is 0.322. The number of nitrogens with one attached hydrogen (secondary N) is 2. The fourth-order valence-electron chi connectivity index (χ4n) is 3.54. The summed E-state index contributed by atoms with van der Waals surface area (Å²) in [6.45, 7) is 2.78. The number of rotatable bonds is 5. The van der Waals surface area contributed by atoms with Crippen LogP contribution in [0, 0.1) is 6.92 Å². The molecule has 0 atom stereocenters. The molecule has 6 nitrogen and oxygen atoms in total. The molecule has 150 valence electrons. The predicted octanol–water partition coefficient (Wildman–Crippen LogP) is 4.39. The van der Waals surface area contributed by atoms with Crippen molar-refractivity contribution in [2.24, 2.45) is 0 Å². The molecule has 2 aromatic heterocycles. The molecule has 0 aliphatic heterocycles. The summed E-state index contributed by atoms with van der Waals surface area (Å²) < 4.78 is 6.85. The average Bonchev–Trinajstić information content (AvgIpc) is 3.39. The molecule has 0 saturated heterocycles. The SMILES string of the molecule is COC(=O)c1c(NC(=S)Nc2ccn(Cc3ccccc3C)n2)sc2c1CCC2. The van der Waals surface area contributed by atoms with Crippen molar-refractivity contribution in [3.8, 4) is 0 Å². The highest BCUT2D eigenvalue weighted by Crippen LogP contribution is 2.39. The van der Waals surface area contributed by atoms with Crippen LogP contribution in [0.4, 0.5) is 10.8 Å². The molecule has 1 aromatic carbocycles. The summed E-state index contributed by atoms with van der Waals surface area (Å²) >= 11 is 7.02. The molecule has 3 aromatic rings. The molecule has 2 heterocycles.